The van der Waals surface area contributed by atoms with E-state index in [1.807, 2.05) is 12.1 Å². The second-order valence-corrected chi connectivity index (χ2v) is 5.87. The summed E-state index contributed by atoms with van der Waals surface area (Å²) < 4.78 is 0. The Labute approximate surface area is 124 Å². The van der Waals surface area contributed by atoms with Crippen molar-refractivity contribution in [2.24, 2.45) is 5.92 Å². The van der Waals surface area contributed by atoms with Crippen LogP contribution in [0.4, 0.5) is 0 Å². The van der Waals surface area contributed by atoms with E-state index in [-0.39, 0.29) is 6.04 Å². The molecule has 2 unspecified atom stereocenters. The SMILES string of the molecule is CCC(CC)CN(CC)C(C)C(O)c1ccc(C)cc1. The van der Waals surface area contributed by atoms with Gasteiger partial charge in [0.15, 0.2) is 0 Å². The van der Waals surface area contributed by atoms with Crippen molar-refractivity contribution in [1.29, 1.82) is 0 Å². The number of aliphatic hydroxyl groups is 1. The molecule has 0 aromatic heterocycles. The molecule has 0 bridgehead atoms. The average molecular weight is 277 g/mol. The summed E-state index contributed by atoms with van der Waals surface area (Å²) in [5.41, 5.74) is 2.25. The highest BCUT2D eigenvalue weighted by Gasteiger charge is 2.23. The predicted octanol–water partition coefficient (Wildman–Crippen LogP) is 4.18. The van der Waals surface area contributed by atoms with Crippen LogP contribution < -0.4 is 0 Å². The highest BCUT2D eigenvalue weighted by molar-refractivity contribution is 5.24. The first-order valence-corrected chi connectivity index (χ1v) is 8.02. The first-order chi connectivity index (χ1) is 9.53. The summed E-state index contributed by atoms with van der Waals surface area (Å²) in [6, 6.07) is 8.39. The van der Waals surface area contributed by atoms with Crippen molar-refractivity contribution in [1.82, 2.24) is 4.90 Å². The van der Waals surface area contributed by atoms with Gasteiger partial charge in [0.1, 0.15) is 0 Å². The van der Waals surface area contributed by atoms with Crippen LogP contribution >= 0.6 is 0 Å². The van der Waals surface area contributed by atoms with Crippen LogP contribution in [0.5, 0.6) is 0 Å². The normalized spacial score (nSPS) is 14.8. The van der Waals surface area contributed by atoms with Gasteiger partial charge in [0.2, 0.25) is 0 Å². The van der Waals surface area contributed by atoms with Crippen LogP contribution in [0, 0.1) is 12.8 Å². The number of aliphatic hydroxyl groups excluding tert-OH is 1. The molecule has 1 aromatic carbocycles. The molecule has 2 nitrogen and oxygen atoms in total. The van der Waals surface area contributed by atoms with Crippen molar-refractivity contribution in [3.63, 3.8) is 0 Å². The minimum atomic E-state index is -0.412. The molecular weight excluding hydrogens is 246 g/mol. The maximum absolute atomic E-state index is 10.6. The lowest BCUT2D eigenvalue weighted by Crippen LogP contribution is -2.40. The van der Waals surface area contributed by atoms with E-state index in [1.54, 1.807) is 0 Å². The summed E-state index contributed by atoms with van der Waals surface area (Å²) >= 11 is 0. The van der Waals surface area contributed by atoms with E-state index in [0.717, 1.165) is 24.6 Å². The Hall–Kier alpha value is -0.860. The third kappa shape index (κ3) is 4.60. The molecule has 0 amide bonds. The third-order valence-corrected chi connectivity index (χ3v) is 4.51. The van der Waals surface area contributed by atoms with Gasteiger partial charge in [0.25, 0.3) is 0 Å². The van der Waals surface area contributed by atoms with Gasteiger partial charge in [-0.1, -0.05) is 63.4 Å². The zero-order valence-corrected chi connectivity index (χ0v) is 13.8. The highest BCUT2D eigenvalue weighted by atomic mass is 16.3. The standard InChI is InChI=1S/C18H31NO/c1-6-16(7-2)13-19(8-3)15(5)18(20)17-11-9-14(4)10-12-17/h9-12,15-16,18,20H,6-8,13H2,1-5H3. The Balaban J connectivity index is 2.74. The van der Waals surface area contributed by atoms with Crippen molar-refractivity contribution >= 4 is 0 Å². The van der Waals surface area contributed by atoms with Gasteiger partial charge in [-0.05, 0) is 31.9 Å². The molecule has 1 aromatic rings. The second-order valence-electron chi connectivity index (χ2n) is 5.87. The van der Waals surface area contributed by atoms with Gasteiger partial charge >= 0.3 is 0 Å². The van der Waals surface area contributed by atoms with Crippen LogP contribution in [0.3, 0.4) is 0 Å². The molecule has 0 heterocycles. The summed E-state index contributed by atoms with van der Waals surface area (Å²) in [6.07, 6.45) is 2.01. The van der Waals surface area contributed by atoms with Crippen LogP contribution in [0.25, 0.3) is 0 Å². The fourth-order valence-electron chi connectivity index (χ4n) is 2.70. The molecule has 114 valence electrons. The number of aryl methyl sites for hydroxylation is 1. The number of hydrogen-bond acceptors (Lipinski definition) is 2. The van der Waals surface area contributed by atoms with Crippen molar-refractivity contribution in [3.05, 3.63) is 35.4 Å². The zero-order valence-electron chi connectivity index (χ0n) is 13.8. The molecule has 0 aliphatic heterocycles. The summed E-state index contributed by atoms with van der Waals surface area (Å²) in [4.78, 5) is 2.40. The molecule has 0 aliphatic carbocycles. The van der Waals surface area contributed by atoms with Crippen LogP contribution in [0.1, 0.15) is 57.8 Å². The predicted molar refractivity (Wildman–Crippen MR) is 86.9 cm³/mol. The average Bonchev–Trinajstić information content (AvgIpc) is 2.48. The van der Waals surface area contributed by atoms with Crippen LogP contribution in [-0.2, 0) is 0 Å². The van der Waals surface area contributed by atoms with Gasteiger partial charge in [0, 0.05) is 12.6 Å². The molecule has 0 aliphatic rings. The van der Waals surface area contributed by atoms with E-state index >= 15 is 0 Å². The minimum Gasteiger partial charge on any atom is -0.387 e. The lowest BCUT2D eigenvalue weighted by molar-refractivity contribution is 0.0507. The van der Waals surface area contributed by atoms with Crippen LogP contribution in [-0.4, -0.2) is 29.1 Å². The molecule has 0 saturated heterocycles. The van der Waals surface area contributed by atoms with Crippen LogP contribution in [0.15, 0.2) is 24.3 Å². The lowest BCUT2D eigenvalue weighted by atomic mass is 9.98. The van der Waals surface area contributed by atoms with Gasteiger partial charge in [0.05, 0.1) is 6.10 Å². The Morgan fingerprint density at radius 1 is 1.05 bits per heavy atom. The number of rotatable bonds is 8. The summed E-state index contributed by atoms with van der Waals surface area (Å²) in [6.45, 7) is 13.0. The topological polar surface area (TPSA) is 23.5 Å². The lowest BCUT2D eigenvalue weighted by Gasteiger charge is -2.34. The molecule has 0 fully saturated rings. The van der Waals surface area contributed by atoms with Crippen LogP contribution in [0.2, 0.25) is 0 Å². The molecule has 0 saturated carbocycles. The largest absolute Gasteiger partial charge is 0.387 e. The Bertz CT molecular complexity index is 370. The van der Waals surface area contributed by atoms with E-state index in [9.17, 15) is 5.11 Å². The number of hydrogen-bond donors (Lipinski definition) is 1. The maximum atomic E-state index is 10.6. The quantitative estimate of drug-likeness (QED) is 0.770. The Morgan fingerprint density at radius 3 is 2.05 bits per heavy atom. The van der Waals surface area contributed by atoms with E-state index in [2.05, 4.69) is 51.7 Å². The molecule has 2 atom stereocenters. The fourth-order valence-corrected chi connectivity index (χ4v) is 2.70. The molecule has 0 spiro atoms. The smallest absolute Gasteiger partial charge is 0.0942 e. The highest BCUT2D eigenvalue weighted by Crippen LogP contribution is 2.23. The fraction of sp³-hybridized carbons (Fsp3) is 0.667. The van der Waals surface area contributed by atoms with Crippen molar-refractivity contribution in [3.8, 4) is 0 Å². The first-order valence-electron chi connectivity index (χ1n) is 8.02. The van der Waals surface area contributed by atoms with Gasteiger partial charge < -0.3 is 5.11 Å². The third-order valence-electron chi connectivity index (χ3n) is 4.51. The van der Waals surface area contributed by atoms with Crippen molar-refractivity contribution < 1.29 is 5.11 Å². The van der Waals surface area contributed by atoms with Gasteiger partial charge in [-0.15, -0.1) is 0 Å². The summed E-state index contributed by atoms with van der Waals surface area (Å²) in [7, 11) is 0. The van der Waals surface area contributed by atoms with E-state index in [0.29, 0.717) is 0 Å². The van der Waals surface area contributed by atoms with Gasteiger partial charge in [-0.25, -0.2) is 0 Å². The maximum Gasteiger partial charge on any atom is 0.0942 e. The molecule has 2 heteroatoms. The Kier molecular flexibility index (Phi) is 7.25. The summed E-state index contributed by atoms with van der Waals surface area (Å²) in [5, 5.41) is 10.6. The minimum absolute atomic E-state index is 0.156. The van der Waals surface area contributed by atoms with Crippen molar-refractivity contribution in [2.75, 3.05) is 13.1 Å². The number of benzene rings is 1. The number of nitrogens with zero attached hydrogens (tertiary/aromatic N) is 1. The van der Waals surface area contributed by atoms with Gasteiger partial charge in [-0.2, -0.15) is 0 Å². The Morgan fingerprint density at radius 2 is 1.60 bits per heavy atom. The molecule has 0 radical (unpaired) electrons. The van der Waals surface area contributed by atoms with E-state index in [1.165, 1.54) is 18.4 Å². The molecule has 1 N–H and O–H groups in total. The number of likely N-dealkylation sites (N-methyl/N-ethyl adjacent to an activating group) is 1. The van der Waals surface area contributed by atoms with E-state index in [4.69, 9.17) is 0 Å². The van der Waals surface area contributed by atoms with Crippen molar-refractivity contribution in [2.45, 2.75) is 59.6 Å². The summed E-state index contributed by atoms with van der Waals surface area (Å²) in [5.74, 6) is 0.725. The first kappa shape index (κ1) is 17.2. The van der Waals surface area contributed by atoms with E-state index < -0.39 is 6.10 Å². The molecule has 20 heavy (non-hydrogen) atoms. The molecular formula is C18H31NO. The van der Waals surface area contributed by atoms with Gasteiger partial charge in [-0.3, -0.25) is 4.90 Å². The molecule has 1 rings (SSSR count). The second kappa shape index (κ2) is 8.43. The monoisotopic (exact) mass is 277 g/mol. The zero-order chi connectivity index (χ0) is 15.1.